The van der Waals surface area contributed by atoms with Crippen LogP contribution in [0.4, 0.5) is 0 Å². The Hall–Kier alpha value is -2.32. The number of hydrogen-bond acceptors (Lipinski definition) is 6. The Morgan fingerprint density at radius 2 is 0.951 bits per heavy atom. The minimum atomic E-state index is -4.29. The Balaban J connectivity index is 4.26. The van der Waals surface area contributed by atoms with Crippen molar-refractivity contribution in [1.82, 2.24) is 0 Å². The van der Waals surface area contributed by atoms with E-state index in [1.54, 1.807) is 0 Å². The second-order valence-corrected chi connectivity index (χ2v) is 18.6. The topological polar surface area (TPSA) is 91.3 Å². The molecule has 0 aromatic heterocycles. The molecule has 0 saturated heterocycles. The van der Waals surface area contributed by atoms with Gasteiger partial charge in [-0.25, -0.2) is 4.57 Å². The van der Waals surface area contributed by atoms with Crippen LogP contribution in [0.5, 0.6) is 0 Å². The summed E-state index contributed by atoms with van der Waals surface area (Å²) in [6.45, 7) is 5.43. The molecule has 0 aromatic rings. The van der Waals surface area contributed by atoms with Crippen molar-refractivity contribution in [3.05, 3.63) is 85.1 Å². The van der Waals surface area contributed by atoms with Gasteiger partial charge in [0.05, 0.1) is 34.4 Å². The molecule has 0 rings (SSSR count). The first-order valence-corrected chi connectivity index (χ1v) is 25.8. The number of hydrogen-bond donors (Lipinski definition) is 1. The molecule has 352 valence electrons. The number of quaternary nitrogens is 1. The Labute approximate surface area is 375 Å². The summed E-state index contributed by atoms with van der Waals surface area (Å²) in [5, 5.41) is 0. The zero-order chi connectivity index (χ0) is 44.8. The predicted octanol–water partition coefficient (Wildman–Crippen LogP) is 14.8. The van der Waals surface area contributed by atoms with E-state index in [-0.39, 0.29) is 25.8 Å². The summed E-state index contributed by atoms with van der Waals surface area (Å²) in [5.41, 5.74) is 0. The van der Waals surface area contributed by atoms with Gasteiger partial charge in [-0.05, 0) is 89.9 Å². The second kappa shape index (κ2) is 44.3. The Morgan fingerprint density at radius 3 is 1.43 bits per heavy atom. The van der Waals surface area contributed by atoms with Gasteiger partial charge in [-0.1, -0.05) is 170 Å². The standard InChI is InChI=1S/C52H92NO7P/c1-6-8-10-12-14-16-18-20-22-24-26-27-28-29-31-33-35-37-39-41-43-45-52(54)60-51(50-59-61(55,56)58-48-46-53(3,4)5)49-57-47-44-42-40-38-36-34-32-30-25-23-21-19-17-15-13-11-9-7-2/h8,10,14-17,20-23,26-27,29,31,51H,6-7,9,11-13,18-19,24-25,28,30,32-50H2,1-5H3/p+1/b10-8-,16-14-,17-15-,22-20-,23-21-,27-26-,31-29-. The lowest BCUT2D eigenvalue weighted by Gasteiger charge is -2.24. The summed E-state index contributed by atoms with van der Waals surface area (Å²) in [5.74, 6) is -0.337. The number of rotatable bonds is 44. The lowest BCUT2D eigenvalue weighted by Crippen LogP contribution is -2.37. The average Bonchev–Trinajstić information content (AvgIpc) is 3.22. The number of ether oxygens (including phenoxy) is 2. The van der Waals surface area contributed by atoms with Crippen LogP contribution in [0.15, 0.2) is 85.1 Å². The number of likely N-dealkylation sites (N-methyl/N-ethyl adjacent to an activating group) is 1. The summed E-state index contributed by atoms with van der Waals surface area (Å²) in [6, 6.07) is 0. The molecule has 0 aliphatic rings. The van der Waals surface area contributed by atoms with Crippen LogP contribution in [0.3, 0.4) is 0 Å². The van der Waals surface area contributed by atoms with E-state index >= 15 is 0 Å². The molecular weight excluding hydrogens is 782 g/mol. The number of phosphoric ester groups is 1. The lowest BCUT2D eigenvalue weighted by atomic mass is 10.1. The molecule has 0 saturated carbocycles. The third-order valence-corrected chi connectivity index (χ3v) is 10.9. The van der Waals surface area contributed by atoms with Gasteiger partial charge in [-0.2, -0.15) is 0 Å². The fraction of sp³-hybridized carbons (Fsp3) is 0.712. The van der Waals surface area contributed by atoms with Gasteiger partial charge < -0.3 is 18.9 Å². The molecule has 0 radical (unpaired) electrons. The zero-order valence-corrected chi connectivity index (χ0v) is 40.8. The maximum atomic E-state index is 12.7. The van der Waals surface area contributed by atoms with Crippen molar-refractivity contribution >= 4 is 13.8 Å². The minimum Gasteiger partial charge on any atom is -0.457 e. The van der Waals surface area contributed by atoms with E-state index in [0.29, 0.717) is 24.1 Å². The van der Waals surface area contributed by atoms with Crippen LogP contribution in [0.25, 0.3) is 0 Å². The number of esters is 1. The maximum Gasteiger partial charge on any atom is 0.472 e. The van der Waals surface area contributed by atoms with Crippen molar-refractivity contribution in [1.29, 1.82) is 0 Å². The van der Waals surface area contributed by atoms with E-state index in [2.05, 4.69) is 98.9 Å². The van der Waals surface area contributed by atoms with Crippen molar-refractivity contribution in [3.63, 3.8) is 0 Å². The van der Waals surface area contributed by atoms with Crippen LogP contribution in [0.2, 0.25) is 0 Å². The van der Waals surface area contributed by atoms with Crippen molar-refractivity contribution in [2.24, 2.45) is 0 Å². The quantitative estimate of drug-likeness (QED) is 0.0214. The highest BCUT2D eigenvalue weighted by molar-refractivity contribution is 7.47. The second-order valence-electron chi connectivity index (χ2n) is 17.1. The molecule has 0 aliphatic carbocycles. The van der Waals surface area contributed by atoms with E-state index in [1.807, 2.05) is 21.1 Å². The minimum absolute atomic E-state index is 0.0786. The van der Waals surface area contributed by atoms with Crippen LogP contribution in [0.1, 0.15) is 181 Å². The first-order chi connectivity index (χ1) is 29.6. The zero-order valence-electron chi connectivity index (χ0n) is 39.9. The van der Waals surface area contributed by atoms with Crippen LogP contribution >= 0.6 is 7.82 Å². The van der Waals surface area contributed by atoms with Crippen molar-refractivity contribution in [2.45, 2.75) is 187 Å². The molecule has 0 fully saturated rings. The third-order valence-electron chi connectivity index (χ3n) is 9.94. The van der Waals surface area contributed by atoms with Gasteiger partial charge in [0.15, 0.2) is 0 Å². The van der Waals surface area contributed by atoms with Crippen molar-refractivity contribution < 1.29 is 37.3 Å². The summed E-state index contributed by atoms with van der Waals surface area (Å²) in [4.78, 5) is 23.0. The van der Waals surface area contributed by atoms with E-state index in [9.17, 15) is 14.3 Å². The Kier molecular flexibility index (Phi) is 42.6. The molecule has 8 nitrogen and oxygen atoms in total. The van der Waals surface area contributed by atoms with Crippen molar-refractivity contribution in [2.75, 3.05) is 54.1 Å². The molecule has 0 aromatic carbocycles. The van der Waals surface area contributed by atoms with Gasteiger partial charge in [0.25, 0.3) is 0 Å². The monoisotopic (exact) mass is 875 g/mol. The highest BCUT2D eigenvalue weighted by atomic mass is 31.2. The number of phosphoric acid groups is 1. The molecule has 0 spiro atoms. The first kappa shape index (κ1) is 58.7. The third kappa shape index (κ3) is 48.6. The molecule has 0 aliphatic heterocycles. The fourth-order valence-corrected chi connectivity index (χ4v) is 6.94. The van der Waals surface area contributed by atoms with E-state index < -0.39 is 13.9 Å². The highest BCUT2D eigenvalue weighted by Gasteiger charge is 2.26. The SMILES string of the molecule is CC/C=C\C/C=C\C/C=C\C/C=C\C/C=C\CCCCCCCC(=O)OC(COCCCCCCCCCC/C=C\C/C=C\CCCCC)COP(=O)(O)OCC[N+](C)(C)C. The first-order valence-electron chi connectivity index (χ1n) is 24.3. The number of allylic oxidation sites excluding steroid dienone is 14. The fourth-order valence-electron chi connectivity index (χ4n) is 6.20. The van der Waals surface area contributed by atoms with E-state index in [0.717, 1.165) is 89.9 Å². The number of carbonyl (C=O) groups is 1. The predicted molar refractivity (Wildman–Crippen MR) is 261 cm³/mol. The van der Waals surface area contributed by atoms with Crippen LogP contribution in [-0.4, -0.2) is 75.6 Å². The summed E-state index contributed by atoms with van der Waals surface area (Å²) >= 11 is 0. The molecular formula is C52H93NO7P+. The van der Waals surface area contributed by atoms with Gasteiger partial charge in [0.1, 0.15) is 19.3 Å². The molecule has 2 unspecified atom stereocenters. The molecule has 1 N–H and O–H groups in total. The summed E-state index contributed by atoms with van der Waals surface area (Å²) in [6.07, 6.45) is 59.0. The molecule has 0 bridgehead atoms. The van der Waals surface area contributed by atoms with Gasteiger partial charge in [0.2, 0.25) is 0 Å². The molecule has 9 heteroatoms. The molecule has 0 amide bonds. The number of carbonyl (C=O) groups excluding carboxylic acids is 1. The van der Waals surface area contributed by atoms with Crippen molar-refractivity contribution in [3.8, 4) is 0 Å². The smallest absolute Gasteiger partial charge is 0.457 e. The molecule has 0 heterocycles. The van der Waals surface area contributed by atoms with Gasteiger partial charge >= 0.3 is 13.8 Å². The largest absolute Gasteiger partial charge is 0.472 e. The van der Waals surface area contributed by atoms with Gasteiger partial charge in [-0.3, -0.25) is 13.8 Å². The van der Waals surface area contributed by atoms with Crippen LogP contribution in [-0.2, 0) is 27.9 Å². The average molecular weight is 875 g/mol. The number of nitrogens with zero attached hydrogens (tertiary/aromatic N) is 1. The number of unbranched alkanes of at least 4 members (excludes halogenated alkanes) is 16. The maximum absolute atomic E-state index is 12.7. The normalized spacial score (nSPS) is 14.4. The summed E-state index contributed by atoms with van der Waals surface area (Å²) < 4.78 is 35.1. The van der Waals surface area contributed by atoms with Gasteiger partial charge in [-0.15, -0.1) is 0 Å². The summed E-state index contributed by atoms with van der Waals surface area (Å²) in [7, 11) is 1.64. The highest BCUT2D eigenvalue weighted by Crippen LogP contribution is 2.43. The lowest BCUT2D eigenvalue weighted by molar-refractivity contribution is -0.870. The molecule has 2 atom stereocenters. The van der Waals surface area contributed by atoms with Crippen LogP contribution in [0, 0.1) is 0 Å². The Bertz CT molecular complexity index is 1250. The van der Waals surface area contributed by atoms with E-state index in [4.69, 9.17) is 18.5 Å². The van der Waals surface area contributed by atoms with Crippen LogP contribution < -0.4 is 0 Å². The Morgan fingerprint density at radius 1 is 0.525 bits per heavy atom. The van der Waals surface area contributed by atoms with E-state index in [1.165, 1.54) is 70.6 Å². The van der Waals surface area contributed by atoms with Gasteiger partial charge in [0, 0.05) is 13.0 Å². The molecule has 61 heavy (non-hydrogen) atoms.